The molecule has 0 aromatic heterocycles. The van der Waals surface area contributed by atoms with Crippen molar-refractivity contribution >= 4 is 28.9 Å². The van der Waals surface area contributed by atoms with Crippen LogP contribution in [0.4, 0.5) is 0 Å². The fraction of sp³-hybridized carbons (Fsp3) is 0.250. The topological polar surface area (TPSA) is 41.8 Å². The van der Waals surface area contributed by atoms with Crippen molar-refractivity contribution in [1.29, 1.82) is 0 Å². The van der Waals surface area contributed by atoms with Gasteiger partial charge in [0.05, 0.1) is 6.21 Å². The Kier molecular flexibility index (Phi) is 1.39. The third-order valence-electron chi connectivity index (χ3n) is 0.680. The Morgan fingerprint density at radius 2 is 2.50 bits per heavy atom. The molecule has 0 aromatic rings. The number of Topliss-reactive ketones (excluding diaryl/α,β-unsaturated/α-hetero) is 1. The van der Waals surface area contributed by atoms with Crippen LogP contribution in [0.15, 0.2) is 9.98 Å². The summed E-state index contributed by atoms with van der Waals surface area (Å²) in [4.78, 5) is 17.3. The molecule has 42 valence electrons. The van der Waals surface area contributed by atoms with Crippen molar-refractivity contribution in [1.82, 2.24) is 0 Å². The first-order valence-corrected chi connectivity index (χ1v) is 2.43. The third-order valence-corrected chi connectivity index (χ3v) is 0.898. The lowest BCUT2D eigenvalue weighted by molar-refractivity contribution is -0.111. The number of carbonyl (C=O) groups is 1. The molecule has 8 heavy (non-hydrogen) atoms. The van der Waals surface area contributed by atoms with Gasteiger partial charge in [-0.3, -0.25) is 4.79 Å². The number of hydrogen-bond acceptors (Lipinski definition) is 3. The van der Waals surface area contributed by atoms with Crippen LogP contribution in [0.2, 0.25) is 0 Å². The van der Waals surface area contributed by atoms with Gasteiger partial charge in [-0.1, -0.05) is 0 Å². The van der Waals surface area contributed by atoms with E-state index >= 15 is 0 Å². The highest BCUT2D eigenvalue weighted by atomic mass is 35.5. The number of aliphatic imine (C=N–C) groups is 2. The van der Waals surface area contributed by atoms with Crippen molar-refractivity contribution in [3.63, 3.8) is 0 Å². The fourth-order valence-corrected chi connectivity index (χ4v) is 0.459. The molecule has 0 aromatic carbocycles. The summed E-state index contributed by atoms with van der Waals surface area (Å²) in [5.74, 6) is -0.102. The highest BCUT2D eigenvalue weighted by molar-refractivity contribution is 6.66. The first kappa shape index (κ1) is 5.44. The lowest BCUT2D eigenvalue weighted by Gasteiger charge is -1.93. The molecular formula is C4H3ClN2O. The van der Waals surface area contributed by atoms with E-state index < -0.39 is 0 Å². The zero-order chi connectivity index (χ0) is 5.98. The van der Waals surface area contributed by atoms with Gasteiger partial charge in [0.2, 0.25) is 5.29 Å². The van der Waals surface area contributed by atoms with Gasteiger partial charge in [-0.25, -0.2) is 9.98 Å². The normalized spacial score (nSPS) is 18.6. The predicted molar refractivity (Wildman–Crippen MR) is 31.7 cm³/mol. The van der Waals surface area contributed by atoms with E-state index in [-0.39, 0.29) is 17.6 Å². The first-order valence-electron chi connectivity index (χ1n) is 2.06. The summed E-state index contributed by atoms with van der Waals surface area (Å²) in [5.41, 5.74) is 0. The summed E-state index contributed by atoms with van der Waals surface area (Å²) in [5, 5.41) is 0.157. The van der Waals surface area contributed by atoms with E-state index in [0.29, 0.717) is 0 Å². The van der Waals surface area contributed by atoms with E-state index in [1.807, 2.05) is 0 Å². The van der Waals surface area contributed by atoms with Gasteiger partial charge in [0.1, 0.15) is 6.54 Å². The summed E-state index contributed by atoms with van der Waals surface area (Å²) < 4.78 is 0. The Hall–Kier alpha value is -0.700. The molecule has 0 N–H and O–H groups in total. The van der Waals surface area contributed by atoms with Gasteiger partial charge in [0.25, 0.3) is 0 Å². The molecule has 3 nitrogen and oxygen atoms in total. The maximum Gasteiger partial charge on any atom is 0.218 e. The Bertz CT molecular complexity index is 170. The number of halogens is 1. The molecule has 4 heteroatoms. The highest BCUT2D eigenvalue weighted by Crippen LogP contribution is 1.91. The second-order valence-corrected chi connectivity index (χ2v) is 1.65. The second-order valence-electron chi connectivity index (χ2n) is 1.31. The quantitative estimate of drug-likeness (QED) is 0.433. The lowest BCUT2D eigenvalue weighted by Crippen LogP contribution is -2.09. The Morgan fingerprint density at radius 3 is 2.88 bits per heavy atom. The van der Waals surface area contributed by atoms with Crippen LogP contribution in [0.5, 0.6) is 0 Å². The van der Waals surface area contributed by atoms with Gasteiger partial charge in [-0.2, -0.15) is 0 Å². The summed E-state index contributed by atoms with van der Waals surface area (Å²) >= 11 is 5.28. The van der Waals surface area contributed by atoms with E-state index in [1.54, 1.807) is 0 Å². The number of nitrogens with zero attached hydrogens (tertiary/aromatic N) is 2. The molecule has 0 fully saturated rings. The molecule has 0 spiro atoms. The Balaban J connectivity index is 2.71. The van der Waals surface area contributed by atoms with Crippen molar-refractivity contribution in [2.24, 2.45) is 9.98 Å². The average molecular weight is 131 g/mol. The number of carbonyl (C=O) groups excluding carboxylic acids is 1. The molecule has 0 unspecified atom stereocenters. The van der Waals surface area contributed by atoms with Gasteiger partial charge in [0.15, 0.2) is 5.78 Å². The summed E-state index contributed by atoms with van der Waals surface area (Å²) in [6.07, 6.45) is 1.18. The number of ketones is 1. The largest absolute Gasteiger partial charge is 0.291 e. The minimum atomic E-state index is -0.102. The Morgan fingerprint density at radius 1 is 1.75 bits per heavy atom. The smallest absolute Gasteiger partial charge is 0.218 e. The van der Waals surface area contributed by atoms with Crippen LogP contribution in [-0.4, -0.2) is 23.8 Å². The molecular weight excluding hydrogens is 128 g/mol. The van der Waals surface area contributed by atoms with Crippen LogP contribution in [-0.2, 0) is 4.79 Å². The summed E-state index contributed by atoms with van der Waals surface area (Å²) in [7, 11) is 0. The zero-order valence-corrected chi connectivity index (χ0v) is 4.72. The zero-order valence-electron chi connectivity index (χ0n) is 3.97. The minimum Gasteiger partial charge on any atom is -0.291 e. The van der Waals surface area contributed by atoms with Crippen LogP contribution < -0.4 is 0 Å². The lowest BCUT2D eigenvalue weighted by atomic mass is 10.4. The van der Waals surface area contributed by atoms with E-state index in [2.05, 4.69) is 9.98 Å². The van der Waals surface area contributed by atoms with E-state index in [4.69, 9.17) is 11.6 Å². The predicted octanol–water partition coefficient (Wildman–Crippen LogP) is 0.235. The Labute approximate surface area is 51.1 Å². The molecule has 1 aliphatic rings. The summed E-state index contributed by atoms with van der Waals surface area (Å²) in [6, 6.07) is 0. The fourth-order valence-electron chi connectivity index (χ4n) is 0.350. The van der Waals surface area contributed by atoms with Crippen LogP contribution in [0, 0.1) is 0 Å². The van der Waals surface area contributed by atoms with Crippen LogP contribution in [0.1, 0.15) is 0 Å². The van der Waals surface area contributed by atoms with Gasteiger partial charge < -0.3 is 0 Å². The van der Waals surface area contributed by atoms with Crippen LogP contribution >= 0.6 is 11.6 Å². The molecule has 0 saturated heterocycles. The molecule has 0 bridgehead atoms. The molecule has 0 amide bonds. The van der Waals surface area contributed by atoms with Gasteiger partial charge in [0, 0.05) is 0 Å². The van der Waals surface area contributed by atoms with Gasteiger partial charge >= 0.3 is 0 Å². The SMILES string of the molecule is O=C1C=NC(Cl)=NC1. The number of amidine groups is 1. The van der Waals surface area contributed by atoms with E-state index in [9.17, 15) is 4.79 Å². The number of rotatable bonds is 0. The number of hydrogen-bond donors (Lipinski definition) is 0. The van der Waals surface area contributed by atoms with Crippen molar-refractivity contribution in [2.75, 3.05) is 6.54 Å². The third kappa shape index (κ3) is 1.13. The van der Waals surface area contributed by atoms with Crippen molar-refractivity contribution in [2.45, 2.75) is 0 Å². The van der Waals surface area contributed by atoms with Crippen molar-refractivity contribution < 1.29 is 4.79 Å². The highest BCUT2D eigenvalue weighted by Gasteiger charge is 2.01. The van der Waals surface area contributed by atoms with Gasteiger partial charge in [-0.05, 0) is 11.6 Å². The molecule has 1 heterocycles. The van der Waals surface area contributed by atoms with Crippen molar-refractivity contribution in [3.8, 4) is 0 Å². The molecule has 0 aliphatic carbocycles. The van der Waals surface area contributed by atoms with Gasteiger partial charge in [-0.15, -0.1) is 0 Å². The molecule has 1 aliphatic heterocycles. The summed E-state index contributed by atoms with van der Waals surface area (Å²) in [6.45, 7) is 0.141. The maximum absolute atomic E-state index is 10.3. The molecule has 1 rings (SSSR count). The standard InChI is InChI=1S/C4H3ClN2O/c5-4-6-1-3(8)2-7-4/h1H,2H2. The first-order chi connectivity index (χ1) is 3.79. The second kappa shape index (κ2) is 2.05. The minimum absolute atomic E-state index is 0.102. The molecule has 0 saturated carbocycles. The molecule has 0 atom stereocenters. The van der Waals surface area contributed by atoms with E-state index in [1.165, 1.54) is 6.21 Å². The maximum atomic E-state index is 10.3. The molecule has 0 radical (unpaired) electrons. The van der Waals surface area contributed by atoms with E-state index in [0.717, 1.165) is 0 Å². The van der Waals surface area contributed by atoms with Crippen molar-refractivity contribution in [3.05, 3.63) is 0 Å². The monoisotopic (exact) mass is 130 g/mol. The average Bonchev–Trinajstić information content (AvgIpc) is 1.77. The van der Waals surface area contributed by atoms with Crippen LogP contribution in [0.3, 0.4) is 0 Å². The van der Waals surface area contributed by atoms with Crippen LogP contribution in [0.25, 0.3) is 0 Å².